The van der Waals surface area contributed by atoms with Gasteiger partial charge in [-0.1, -0.05) is 0 Å². The molecule has 3 rings (SSSR count). The normalized spacial score (nSPS) is 35.9. The van der Waals surface area contributed by atoms with E-state index in [0.717, 1.165) is 45.1 Å². The van der Waals surface area contributed by atoms with Gasteiger partial charge in [0, 0.05) is 7.11 Å². The van der Waals surface area contributed by atoms with Crippen LogP contribution in [0.2, 0.25) is 0 Å². The van der Waals surface area contributed by atoms with E-state index in [-0.39, 0.29) is 16.8 Å². The molecule has 0 aromatic rings. The third kappa shape index (κ3) is 2.33. The zero-order valence-electron chi connectivity index (χ0n) is 10.8. The first-order valence-electron chi connectivity index (χ1n) is 6.32. The third-order valence-electron chi connectivity index (χ3n) is 4.63. The topological polar surface area (TPSA) is 44.8 Å². The number of hydrogen-bond donors (Lipinski definition) is 0. The molecule has 3 fully saturated rings. The number of ether oxygens (including phenoxy) is 3. The van der Waals surface area contributed by atoms with Crippen molar-refractivity contribution in [2.45, 2.75) is 38.5 Å². The molecule has 0 heterocycles. The molecule has 0 aliphatic heterocycles. The molecule has 2 bridgehead atoms. The molecular weight excluding hydrogens is 220 g/mol. The molecule has 0 N–H and O–H groups in total. The molecule has 4 heteroatoms. The van der Waals surface area contributed by atoms with Crippen molar-refractivity contribution in [2.75, 3.05) is 27.6 Å². The van der Waals surface area contributed by atoms with Gasteiger partial charge in [0.15, 0.2) is 0 Å². The Labute approximate surface area is 103 Å². The van der Waals surface area contributed by atoms with Crippen molar-refractivity contribution in [2.24, 2.45) is 10.8 Å². The Hall–Kier alpha value is -0.610. The third-order valence-corrected chi connectivity index (χ3v) is 4.63. The van der Waals surface area contributed by atoms with Crippen LogP contribution in [0.3, 0.4) is 0 Å². The van der Waals surface area contributed by atoms with E-state index >= 15 is 0 Å². The summed E-state index contributed by atoms with van der Waals surface area (Å²) in [5.41, 5.74) is 0.103. The second kappa shape index (κ2) is 4.94. The highest BCUT2D eigenvalue weighted by Crippen LogP contribution is 2.57. The molecule has 0 unspecified atom stereocenters. The van der Waals surface area contributed by atoms with E-state index in [4.69, 9.17) is 14.2 Å². The van der Waals surface area contributed by atoms with Crippen LogP contribution in [0.4, 0.5) is 0 Å². The van der Waals surface area contributed by atoms with Crippen LogP contribution in [-0.2, 0) is 19.0 Å². The summed E-state index contributed by atoms with van der Waals surface area (Å²) in [4.78, 5) is 11.8. The average molecular weight is 242 g/mol. The molecule has 3 saturated carbocycles. The maximum Gasteiger partial charge on any atom is 0.311 e. The van der Waals surface area contributed by atoms with Crippen molar-refractivity contribution in [3.05, 3.63) is 0 Å². The lowest BCUT2D eigenvalue weighted by atomic mass is 9.54. The number of hydrogen-bond acceptors (Lipinski definition) is 4. The van der Waals surface area contributed by atoms with Gasteiger partial charge in [0.2, 0.25) is 0 Å². The maximum absolute atomic E-state index is 11.8. The minimum absolute atomic E-state index is 0.0105. The average Bonchev–Trinajstić information content (AvgIpc) is 2.40. The van der Waals surface area contributed by atoms with Gasteiger partial charge in [0.25, 0.3) is 0 Å². The van der Waals surface area contributed by atoms with Gasteiger partial charge < -0.3 is 14.2 Å². The van der Waals surface area contributed by atoms with Gasteiger partial charge in [-0.05, 0) is 43.9 Å². The zero-order chi connectivity index (χ0) is 12.4. The first-order chi connectivity index (χ1) is 8.16. The predicted octanol–water partition coefficient (Wildman–Crippen LogP) is 2.12. The van der Waals surface area contributed by atoms with Gasteiger partial charge in [-0.15, -0.1) is 0 Å². The lowest BCUT2D eigenvalue weighted by Crippen LogP contribution is -2.48. The fourth-order valence-electron chi connectivity index (χ4n) is 3.34. The number of esters is 1. The SMILES string of the molecule is COCOCC12CCC(C(=O)OC)(CC1)CC2. The molecule has 17 heavy (non-hydrogen) atoms. The molecule has 0 radical (unpaired) electrons. The Bertz CT molecular complexity index is 263. The molecule has 98 valence electrons. The first kappa shape index (κ1) is 12.8. The highest BCUT2D eigenvalue weighted by Gasteiger charge is 2.53. The van der Waals surface area contributed by atoms with E-state index < -0.39 is 0 Å². The number of rotatable bonds is 5. The largest absolute Gasteiger partial charge is 0.469 e. The van der Waals surface area contributed by atoms with E-state index in [1.807, 2.05) is 0 Å². The molecule has 0 spiro atoms. The molecule has 3 aliphatic carbocycles. The lowest BCUT2D eigenvalue weighted by molar-refractivity contribution is -0.167. The Morgan fingerprint density at radius 2 is 1.65 bits per heavy atom. The Balaban J connectivity index is 1.92. The van der Waals surface area contributed by atoms with Crippen LogP contribution in [0.5, 0.6) is 0 Å². The minimum Gasteiger partial charge on any atom is -0.469 e. The van der Waals surface area contributed by atoms with Crippen LogP contribution in [-0.4, -0.2) is 33.6 Å². The Kier molecular flexibility index (Phi) is 3.73. The van der Waals surface area contributed by atoms with Gasteiger partial charge >= 0.3 is 5.97 Å². The fraction of sp³-hybridized carbons (Fsp3) is 0.923. The molecule has 0 saturated heterocycles. The smallest absolute Gasteiger partial charge is 0.311 e. The summed E-state index contributed by atoms with van der Waals surface area (Å²) in [5.74, 6) is -0.0105. The van der Waals surface area contributed by atoms with Crippen LogP contribution in [0.1, 0.15) is 38.5 Å². The van der Waals surface area contributed by atoms with Crippen molar-refractivity contribution >= 4 is 5.97 Å². The number of carbonyl (C=O) groups is 1. The van der Waals surface area contributed by atoms with Crippen LogP contribution < -0.4 is 0 Å². The molecule has 4 nitrogen and oxygen atoms in total. The van der Waals surface area contributed by atoms with E-state index in [2.05, 4.69) is 0 Å². The Morgan fingerprint density at radius 3 is 2.12 bits per heavy atom. The first-order valence-corrected chi connectivity index (χ1v) is 6.32. The molecule has 0 aromatic carbocycles. The molecule has 0 atom stereocenters. The highest BCUT2D eigenvalue weighted by molar-refractivity contribution is 5.77. The second-order valence-corrected chi connectivity index (χ2v) is 5.53. The fourth-order valence-corrected chi connectivity index (χ4v) is 3.34. The quantitative estimate of drug-likeness (QED) is 0.421. The van der Waals surface area contributed by atoms with Crippen LogP contribution in [0.25, 0.3) is 0 Å². The molecule has 0 aromatic heterocycles. The maximum atomic E-state index is 11.8. The molecular formula is C13H22O4. The van der Waals surface area contributed by atoms with Crippen molar-refractivity contribution in [1.29, 1.82) is 0 Å². The van der Waals surface area contributed by atoms with Gasteiger partial charge in [0.1, 0.15) is 6.79 Å². The van der Waals surface area contributed by atoms with Crippen LogP contribution in [0, 0.1) is 10.8 Å². The van der Waals surface area contributed by atoms with Gasteiger partial charge in [-0.2, -0.15) is 0 Å². The summed E-state index contributed by atoms with van der Waals surface area (Å²) in [6.07, 6.45) is 6.09. The summed E-state index contributed by atoms with van der Waals surface area (Å²) >= 11 is 0. The summed E-state index contributed by atoms with van der Waals surface area (Å²) in [6, 6.07) is 0. The highest BCUT2D eigenvalue weighted by atomic mass is 16.7. The second-order valence-electron chi connectivity index (χ2n) is 5.53. The number of fused-ring (bicyclic) bond motifs is 3. The van der Waals surface area contributed by atoms with Crippen molar-refractivity contribution in [1.82, 2.24) is 0 Å². The van der Waals surface area contributed by atoms with Gasteiger partial charge in [-0.3, -0.25) is 4.79 Å². The van der Waals surface area contributed by atoms with Crippen molar-refractivity contribution in [3.63, 3.8) is 0 Å². The molecule has 3 aliphatic rings. The summed E-state index contributed by atoms with van der Waals surface area (Å²) in [7, 11) is 3.14. The molecule has 0 amide bonds. The number of carbonyl (C=O) groups excluding carboxylic acids is 1. The van der Waals surface area contributed by atoms with Crippen LogP contribution in [0.15, 0.2) is 0 Å². The summed E-state index contributed by atoms with van der Waals surface area (Å²) < 4.78 is 15.4. The monoisotopic (exact) mass is 242 g/mol. The van der Waals surface area contributed by atoms with E-state index in [1.54, 1.807) is 7.11 Å². The van der Waals surface area contributed by atoms with E-state index in [1.165, 1.54) is 7.11 Å². The van der Waals surface area contributed by atoms with E-state index in [0.29, 0.717) is 6.79 Å². The predicted molar refractivity (Wildman–Crippen MR) is 62.4 cm³/mol. The van der Waals surface area contributed by atoms with E-state index in [9.17, 15) is 4.79 Å². The summed E-state index contributed by atoms with van der Waals surface area (Å²) in [6.45, 7) is 1.13. The van der Waals surface area contributed by atoms with Crippen molar-refractivity contribution < 1.29 is 19.0 Å². The van der Waals surface area contributed by atoms with Crippen LogP contribution >= 0.6 is 0 Å². The Morgan fingerprint density at radius 1 is 1.06 bits per heavy atom. The van der Waals surface area contributed by atoms with Gasteiger partial charge in [0.05, 0.1) is 19.1 Å². The minimum atomic E-state index is -0.183. The number of methoxy groups -OCH3 is 2. The summed E-state index contributed by atoms with van der Waals surface area (Å²) in [5, 5.41) is 0. The van der Waals surface area contributed by atoms with Crippen molar-refractivity contribution in [3.8, 4) is 0 Å². The lowest BCUT2D eigenvalue weighted by Gasteiger charge is -2.51. The van der Waals surface area contributed by atoms with Gasteiger partial charge in [-0.25, -0.2) is 0 Å². The zero-order valence-corrected chi connectivity index (χ0v) is 10.8. The standard InChI is InChI=1S/C13H22O4/c1-15-10-17-9-12-3-6-13(7-4-12,8-5-12)11(14)16-2/h3-10H2,1-2H3.